The number of piperazine rings is 1. The van der Waals surface area contributed by atoms with Crippen LogP contribution in [0.2, 0.25) is 0 Å². The Balaban J connectivity index is 1.38. The van der Waals surface area contributed by atoms with Crippen molar-refractivity contribution in [3.63, 3.8) is 0 Å². The number of ether oxygens (including phenoxy) is 3. The molecule has 3 heterocycles. The number of anilines is 1. The first-order valence-electron chi connectivity index (χ1n) is 9.11. The Kier molecular flexibility index (Phi) is 5.11. The van der Waals surface area contributed by atoms with Gasteiger partial charge < -0.3 is 24.0 Å². The number of para-hydroxylation sites is 2. The predicted octanol–water partition coefficient (Wildman–Crippen LogP) is 1.72. The molecular formula is C20H23N3O4. The third-order valence-corrected chi connectivity index (χ3v) is 4.84. The molecule has 1 amide bonds. The largest absolute Gasteiger partial charge is 0.485 e. The van der Waals surface area contributed by atoms with Gasteiger partial charge in [0.1, 0.15) is 12.4 Å². The van der Waals surface area contributed by atoms with Crippen molar-refractivity contribution in [1.29, 1.82) is 0 Å². The van der Waals surface area contributed by atoms with Gasteiger partial charge in [0, 0.05) is 45.0 Å². The molecule has 0 aliphatic carbocycles. The first-order valence-corrected chi connectivity index (χ1v) is 9.11. The molecule has 0 unspecified atom stereocenters. The summed E-state index contributed by atoms with van der Waals surface area (Å²) in [7, 11) is 1.68. The lowest BCUT2D eigenvalue weighted by atomic mass is 10.2. The van der Waals surface area contributed by atoms with Crippen LogP contribution in [-0.2, 0) is 16.1 Å². The van der Waals surface area contributed by atoms with Gasteiger partial charge in [-0.2, -0.15) is 0 Å². The van der Waals surface area contributed by atoms with Crippen LogP contribution >= 0.6 is 0 Å². The zero-order valence-electron chi connectivity index (χ0n) is 15.3. The highest BCUT2D eigenvalue weighted by Gasteiger charge is 2.33. The average Bonchev–Trinajstić information content (AvgIpc) is 2.74. The van der Waals surface area contributed by atoms with Crippen molar-refractivity contribution in [1.82, 2.24) is 9.88 Å². The summed E-state index contributed by atoms with van der Waals surface area (Å²) in [6.45, 7) is 3.48. The summed E-state index contributed by atoms with van der Waals surface area (Å²) in [4.78, 5) is 21.4. The fourth-order valence-corrected chi connectivity index (χ4v) is 3.47. The van der Waals surface area contributed by atoms with E-state index in [1.54, 1.807) is 13.3 Å². The quantitative estimate of drug-likeness (QED) is 0.818. The lowest BCUT2D eigenvalue weighted by Gasteiger charge is -2.38. The molecule has 2 aromatic rings. The number of pyridine rings is 1. The highest BCUT2D eigenvalue weighted by atomic mass is 16.6. The summed E-state index contributed by atoms with van der Waals surface area (Å²) in [6.07, 6.45) is 1.20. The van der Waals surface area contributed by atoms with Crippen molar-refractivity contribution in [2.75, 3.05) is 44.8 Å². The molecule has 1 saturated heterocycles. The Labute approximate surface area is 158 Å². The third-order valence-electron chi connectivity index (χ3n) is 4.84. The van der Waals surface area contributed by atoms with Crippen LogP contribution in [0.25, 0.3) is 0 Å². The summed E-state index contributed by atoms with van der Waals surface area (Å²) >= 11 is 0. The molecule has 1 atom stereocenters. The van der Waals surface area contributed by atoms with Crippen molar-refractivity contribution in [2.24, 2.45) is 0 Å². The Bertz CT molecular complexity index is 805. The molecule has 1 aromatic heterocycles. The number of aromatic nitrogens is 1. The summed E-state index contributed by atoms with van der Waals surface area (Å²) in [5, 5.41) is 0. The fraction of sp³-hybridized carbons (Fsp3) is 0.400. The number of carbonyl (C=O) groups is 1. The first-order chi connectivity index (χ1) is 13.3. The van der Waals surface area contributed by atoms with E-state index in [1.165, 1.54) is 0 Å². The van der Waals surface area contributed by atoms with E-state index < -0.39 is 6.10 Å². The molecule has 2 aliphatic heterocycles. The molecule has 7 heteroatoms. The van der Waals surface area contributed by atoms with Crippen molar-refractivity contribution in [3.05, 3.63) is 48.2 Å². The van der Waals surface area contributed by atoms with Crippen LogP contribution in [0.4, 0.5) is 5.82 Å². The maximum atomic E-state index is 12.8. The highest BCUT2D eigenvalue weighted by Crippen LogP contribution is 2.31. The number of nitrogens with zero attached hydrogens (tertiary/aromatic N) is 3. The minimum atomic E-state index is -0.592. The fourth-order valence-electron chi connectivity index (χ4n) is 3.47. The topological polar surface area (TPSA) is 64.1 Å². The summed E-state index contributed by atoms with van der Waals surface area (Å²) in [5.41, 5.74) is 1.06. The van der Waals surface area contributed by atoms with E-state index in [-0.39, 0.29) is 12.5 Å². The molecule has 2 aliphatic rings. The number of rotatable bonds is 4. The van der Waals surface area contributed by atoms with Gasteiger partial charge in [0.2, 0.25) is 6.10 Å². The molecule has 7 nitrogen and oxygen atoms in total. The molecule has 0 saturated carbocycles. The zero-order chi connectivity index (χ0) is 18.6. The number of amides is 1. The first kappa shape index (κ1) is 17.6. The smallest absolute Gasteiger partial charge is 0.267 e. The second-order valence-corrected chi connectivity index (χ2v) is 6.60. The van der Waals surface area contributed by atoms with E-state index in [0.29, 0.717) is 31.2 Å². The standard InChI is InChI=1S/C20H23N3O4/c1-25-13-15-5-4-8-21-19(15)22-9-11-23(12-10-22)20(24)18-14-26-16-6-2-3-7-17(16)27-18/h2-8,18H,9-14H2,1H3/t18-/m1/s1. The van der Waals surface area contributed by atoms with Crippen molar-refractivity contribution >= 4 is 11.7 Å². The van der Waals surface area contributed by atoms with E-state index in [9.17, 15) is 4.79 Å². The van der Waals surface area contributed by atoms with Crippen LogP contribution < -0.4 is 14.4 Å². The number of hydrogen-bond donors (Lipinski definition) is 0. The van der Waals surface area contributed by atoms with E-state index >= 15 is 0 Å². The minimum Gasteiger partial charge on any atom is -0.485 e. The molecule has 1 fully saturated rings. The third kappa shape index (κ3) is 3.68. The zero-order valence-corrected chi connectivity index (χ0v) is 15.3. The second-order valence-electron chi connectivity index (χ2n) is 6.60. The predicted molar refractivity (Wildman–Crippen MR) is 100 cm³/mol. The maximum Gasteiger partial charge on any atom is 0.267 e. The number of methoxy groups -OCH3 is 1. The van der Waals surface area contributed by atoms with Gasteiger partial charge in [-0.1, -0.05) is 18.2 Å². The number of carbonyl (C=O) groups excluding carboxylic acids is 1. The van der Waals surface area contributed by atoms with Crippen molar-refractivity contribution in [2.45, 2.75) is 12.7 Å². The van der Waals surface area contributed by atoms with Crippen LogP contribution in [-0.4, -0.2) is 61.8 Å². The molecule has 142 valence electrons. The summed E-state index contributed by atoms with van der Waals surface area (Å²) in [5.74, 6) is 2.21. The minimum absolute atomic E-state index is 0.0257. The molecular weight excluding hydrogens is 346 g/mol. The highest BCUT2D eigenvalue weighted by molar-refractivity contribution is 5.82. The van der Waals surface area contributed by atoms with Gasteiger partial charge in [-0.3, -0.25) is 4.79 Å². The Morgan fingerprint density at radius 1 is 1.15 bits per heavy atom. The SMILES string of the molecule is COCc1cccnc1N1CCN(C(=O)[C@H]2COc3ccccc3O2)CC1. The monoisotopic (exact) mass is 369 g/mol. The van der Waals surface area contributed by atoms with Gasteiger partial charge >= 0.3 is 0 Å². The molecule has 4 rings (SSSR count). The number of benzene rings is 1. The number of fused-ring (bicyclic) bond motifs is 1. The van der Waals surface area contributed by atoms with Crippen LogP contribution in [0.5, 0.6) is 11.5 Å². The van der Waals surface area contributed by atoms with Crippen LogP contribution in [0.1, 0.15) is 5.56 Å². The van der Waals surface area contributed by atoms with Gasteiger partial charge in [-0.25, -0.2) is 4.98 Å². The average molecular weight is 369 g/mol. The summed E-state index contributed by atoms with van der Waals surface area (Å²) < 4.78 is 16.8. The van der Waals surface area contributed by atoms with E-state index in [0.717, 1.165) is 24.5 Å². The van der Waals surface area contributed by atoms with Gasteiger partial charge in [-0.15, -0.1) is 0 Å². The molecule has 0 radical (unpaired) electrons. The molecule has 27 heavy (non-hydrogen) atoms. The lowest BCUT2D eigenvalue weighted by molar-refractivity contribution is -0.141. The normalized spacial score (nSPS) is 19.1. The second kappa shape index (κ2) is 7.84. The summed E-state index contributed by atoms with van der Waals surface area (Å²) in [6, 6.07) is 11.4. The Morgan fingerprint density at radius 3 is 2.70 bits per heavy atom. The van der Waals surface area contributed by atoms with Gasteiger partial charge in [-0.05, 0) is 18.2 Å². The van der Waals surface area contributed by atoms with Gasteiger partial charge in [0.15, 0.2) is 11.5 Å². The number of hydrogen-bond acceptors (Lipinski definition) is 6. The van der Waals surface area contributed by atoms with Crippen molar-refractivity contribution in [3.8, 4) is 11.5 Å². The molecule has 0 spiro atoms. The van der Waals surface area contributed by atoms with E-state index in [1.807, 2.05) is 41.3 Å². The molecule has 0 N–H and O–H groups in total. The van der Waals surface area contributed by atoms with Crippen LogP contribution in [0.15, 0.2) is 42.6 Å². The van der Waals surface area contributed by atoms with E-state index in [4.69, 9.17) is 14.2 Å². The van der Waals surface area contributed by atoms with Gasteiger partial charge in [0.05, 0.1) is 6.61 Å². The van der Waals surface area contributed by atoms with Crippen LogP contribution in [0.3, 0.4) is 0 Å². The molecule has 1 aromatic carbocycles. The lowest BCUT2D eigenvalue weighted by Crippen LogP contribution is -2.54. The maximum absolute atomic E-state index is 12.8. The Hall–Kier alpha value is -2.80. The van der Waals surface area contributed by atoms with Crippen LogP contribution in [0, 0.1) is 0 Å². The van der Waals surface area contributed by atoms with Gasteiger partial charge in [0.25, 0.3) is 5.91 Å². The Morgan fingerprint density at radius 2 is 1.93 bits per heavy atom. The van der Waals surface area contributed by atoms with Crippen molar-refractivity contribution < 1.29 is 19.0 Å². The van der Waals surface area contributed by atoms with E-state index in [2.05, 4.69) is 9.88 Å². The molecule has 0 bridgehead atoms.